The monoisotopic (exact) mass is 266 g/mol. The molecule has 0 bridgehead atoms. The van der Waals surface area contributed by atoms with Crippen molar-refractivity contribution < 1.29 is 9.47 Å². The molecule has 6 heteroatoms. The summed E-state index contributed by atoms with van der Waals surface area (Å²) in [5.74, 6) is 1.28. The van der Waals surface area contributed by atoms with Crippen LogP contribution in [0.3, 0.4) is 0 Å². The Morgan fingerprint density at radius 3 is 2.88 bits per heavy atom. The molecule has 0 spiro atoms. The van der Waals surface area contributed by atoms with Crippen LogP contribution in [0.15, 0.2) is 18.3 Å². The molecule has 1 fully saturated rings. The van der Waals surface area contributed by atoms with E-state index >= 15 is 0 Å². The average molecular weight is 267 g/mol. The molecule has 2 heterocycles. The highest BCUT2D eigenvalue weighted by Gasteiger charge is 2.18. The molecule has 16 heavy (non-hydrogen) atoms. The van der Waals surface area contributed by atoms with Crippen molar-refractivity contribution in [2.24, 2.45) is 0 Å². The second-order valence-electron chi connectivity index (χ2n) is 3.24. The van der Waals surface area contributed by atoms with Gasteiger partial charge in [0.15, 0.2) is 5.75 Å². The lowest BCUT2D eigenvalue weighted by Crippen LogP contribution is -2.20. The average Bonchev–Trinajstić information content (AvgIpc) is 2.71. The maximum absolute atomic E-state index is 5.70. The van der Waals surface area contributed by atoms with Crippen molar-refractivity contribution in [2.45, 2.75) is 12.5 Å². The SMILES string of the molecule is COc1cccnc1OC1CCNC1.Cl.Cl. The third-order valence-corrected chi connectivity index (χ3v) is 2.25. The molecule has 0 amide bonds. The lowest BCUT2D eigenvalue weighted by atomic mass is 10.3. The highest BCUT2D eigenvalue weighted by Crippen LogP contribution is 2.24. The van der Waals surface area contributed by atoms with E-state index in [0.29, 0.717) is 11.6 Å². The molecular weight excluding hydrogens is 251 g/mol. The minimum Gasteiger partial charge on any atom is -0.491 e. The quantitative estimate of drug-likeness (QED) is 0.904. The van der Waals surface area contributed by atoms with Crippen LogP contribution in [-0.4, -0.2) is 31.3 Å². The van der Waals surface area contributed by atoms with E-state index < -0.39 is 0 Å². The highest BCUT2D eigenvalue weighted by atomic mass is 35.5. The fourth-order valence-corrected chi connectivity index (χ4v) is 1.51. The minimum atomic E-state index is 0. The molecule has 1 aromatic rings. The molecule has 1 unspecified atom stereocenters. The lowest BCUT2D eigenvalue weighted by molar-refractivity contribution is 0.203. The molecule has 1 N–H and O–H groups in total. The molecule has 0 radical (unpaired) electrons. The lowest BCUT2D eigenvalue weighted by Gasteiger charge is -2.13. The Labute approximate surface area is 108 Å². The summed E-state index contributed by atoms with van der Waals surface area (Å²) in [4.78, 5) is 4.14. The molecule has 1 aliphatic rings. The van der Waals surface area contributed by atoms with Gasteiger partial charge in [0.05, 0.1) is 7.11 Å². The van der Waals surface area contributed by atoms with Crippen LogP contribution < -0.4 is 14.8 Å². The summed E-state index contributed by atoms with van der Waals surface area (Å²) in [6, 6.07) is 3.68. The largest absolute Gasteiger partial charge is 0.491 e. The number of ether oxygens (including phenoxy) is 2. The van der Waals surface area contributed by atoms with Gasteiger partial charge in [0, 0.05) is 12.7 Å². The maximum atomic E-state index is 5.70. The van der Waals surface area contributed by atoms with E-state index in [1.807, 2.05) is 12.1 Å². The zero-order valence-corrected chi connectivity index (χ0v) is 10.6. The van der Waals surface area contributed by atoms with Crippen molar-refractivity contribution in [1.82, 2.24) is 10.3 Å². The smallest absolute Gasteiger partial charge is 0.257 e. The number of methoxy groups -OCH3 is 1. The number of halogens is 2. The molecule has 1 aromatic heterocycles. The van der Waals surface area contributed by atoms with Gasteiger partial charge >= 0.3 is 0 Å². The van der Waals surface area contributed by atoms with E-state index in [1.54, 1.807) is 13.3 Å². The third-order valence-electron chi connectivity index (χ3n) is 2.25. The van der Waals surface area contributed by atoms with Gasteiger partial charge in [-0.25, -0.2) is 4.98 Å². The fourth-order valence-electron chi connectivity index (χ4n) is 1.51. The van der Waals surface area contributed by atoms with Crippen LogP contribution in [0.2, 0.25) is 0 Å². The van der Waals surface area contributed by atoms with E-state index in [-0.39, 0.29) is 30.9 Å². The van der Waals surface area contributed by atoms with E-state index in [4.69, 9.17) is 9.47 Å². The molecule has 0 aliphatic carbocycles. The number of nitrogens with one attached hydrogen (secondary N) is 1. The molecule has 0 aromatic carbocycles. The van der Waals surface area contributed by atoms with Gasteiger partial charge in [0.1, 0.15) is 6.10 Å². The molecular formula is C10H16Cl2N2O2. The molecule has 1 atom stereocenters. The number of nitrogens with zero attached hydrogens (tertiary/aromatic N) is 1. The van der Waals surface area contributed by atoms with Gasteiger partial charge in [0.25, 0.3) is 5.88 Å². The molecule has 2 rings (SSSR count). The first-order chi connectivity index (χ1) is 6.90. The van der Waals surface area contributed by atoms with Gasteiger partial charge < -0.3 is 14.8 Å². The van der Waals surface area contributed by atoms with Crippen LogP contribution in [0.1, 0.15) is 6.42 Å². The van der Waals surface area contributed by atoms with E-state index in [9.17, 15) is 0 Å². The minimum absolute atomic E-state index is 0. The maximum Gasteiger partial charge on any atom is 0.257 e. The van der Waals surface area contributed by atoms with Gasteiger partial charge in [-0.1, -0.05) is 0 Å². The molecule has 1 saturated heterocycles. The van der Waals surface area contributed by atoms with Crippen LogP contribution >= 0.6 is 24.8 Å². The summed E-state index contributed by atoms with van der Waals surface area (Å²) in [7, 11) is 1.62. The van der Waals surface area contributed by atoms with Crippen LogP contribution in [0, 0.1) is 0 Å². The highest BCUT2D eigenvalue weighted by molar-refractivity contribution is 5.85. The first-order valence-corrected chi connectivity index (χ1v) is 4.76. The Kier molecular flexibility index (Phi) is 7.21. The Hall–Kier alpha value is -0.710. The Balaban J connectivity index is 0.00000112. The first-order valence-electron chi connectivity index (χ1n) is 4.76. The first kappa shape index (κ1) is 15.3. The molecule has 0 saturated carbocycles. The summed E-state index contributed by atoms with van der Waals surface area (Å²) < 4.78 is 10.8. The Morgan fingerprint density at radius 2 is 2.25 bits per heavy atom. The van der Waals surface area contributed by atoms with Crippen LogP contribution in [0.4, 0.5) is 0 Å². The molecule has 1 aliphatic heterocycles. The van der Waals surface area contributed by atoms with Crippen molar-refractivity contribution in [1.29, 1.82) is 0 Å². The van der Waals surface area contributed by atoms with E-state index in [0.717, 1.165) is 19.5 Å². The zero-order chi connectivity index (χ0) is 9.80. The van der Waals surface area contributed by atoms with Crippen LogP contribution in [0.25, 0.3) is 0 Å². The van der Waals surface area contributed by atoms with Crippen molar-refractivity contribution >= 4 is 24.8 Å². The van der Waals surface area contributed by atoms with Crippen molar-refractivity contribution in [3.8, 4) is 11.6 Å². The number of hydrogen-bond donors (Lipinski definition) is 1. The molecule has 4 nitrogen and oxygen atoms in total. The summed E-state index contributed by atoms with van der Waals surface area (Å²) in [5, 5.41) is 3.24. The topological polar surface area (TPSA) is 43.4 Å². The van der Waals surface area contributed by atoms with Gasteiger partial charge in [-0.2, -0.15) is 0 Å². The number of rotatable bonds is 3. The second kappa shape index (κ2) is 7.54. The number of aromatic nitrogens is 1. The van der Waals surface area contributed by atoms with Crippen molar-refractivity contribution in [3.63, 3.8) is 0 Å². The third kappa shape index (κ3) is 3.70. The van der Waals surface area contributed by atoms with Crippen molar-refractivity contribution in [2.75, 3.05) is 20.2 Å². The number of hydrogen-bond acceptors (Lipinski definition) is 4. The van der Waals surface area contributed by atoms with E-state index in [1.165, 1.54) is 0 Å². The normalized spacial score (nSPS) is 18.2. The Morgan fingerprint density at radius 1 is 1.44 bits per heavy atom. The zero-order valence-electron chi connectivity index (χ0n) is 9.01. The second-order valence-corrected chi connectivity index (χ2v) is 3.24. The standard InChI is InChI=1S/C10H14N2O2.2ClH/c1-13-9-3-2-5-12-10(9)14-8-4-6-11-7-8;;/h2-3,5,8,11H,4,6-7H2,1H3;2*1H. The summed E-state index contributed by atoms with van der Waals surface area (Å²) in [6.45, 7) is 1.90. The predicted molar refractivity (Wildman–Crippen MR) is 67.2 cm³/mol. The predicted octanol–water partition coefficient (Wildman–Crippen LogP) is 1.67. The molecule has 92 valence electrons. The van der Waals surface area contributed by atoms with Gasteiger partial charge in [-0.05, 0) is 25.1 Å². The summed E-state index contributed by atoms with van der Waals surface area (Å²) >= 11 is 0. The van der Waals surface area contributed by atoms with Crippen LogP contribution in [-0.2, 0) is 0 Å². The van der Waals surface area contributed by atoms with Crippen LogP contribution in [0.5, 0.6) is 11.6 Å². The Bertz CT molecular complexity index is 307. The fraction of sp³-hybridized carbons (Fsp3) is 0.500. The summed E-state index contributed by atoms with van der Waals surface area (Å²) in [5.41, 5.74) is 0. The van der Waals surface area contributed by atoms with Gasteiger partial charge in [0.2, 0.25) is 0 Å². The van der Waals surface area contributed by atoms with Gasteiger partial charge in [-0.15, -0.1) is 24.8 Å². The van der Waals surface area contributed by atoms with E-state index in [2.05, 4.69) is 10.3 Å². The summed E-state index contributed by atoms with van der Waals surface area (Å²) in [6.07, 6.45) is 2.96. The van der Waals surface area contributed by atoms with Gasteiger partial charge in [-0.3, -0.25) is 0 Å². The van der Waals surface area contributed by atoms with Crippen molar-refractivity contribution in [3.05, 3.63) is 18.3 Å². The number of pyridine rings is 1.